The van der Waals surface area contributed by atoms with E-state index >= 15 is 0 Å². The molecule has 0 aromatic heterocycles. The van der Waals surface area contributed by atoms with Gasteiger partial charge in [0.25, 0.3) is 0 Å². The molecule has 78 valence electrons. The molecule has 1 rings (SSSR count). The van der Waals surface area contributed by atoms with Crippen LogP contribution in [0.15, 0.2) is 0 Å². The Hall–Kier alpha value is -0.0800. The van der Waals surface area contributed by atoms with Gasteiger partial charge in [0.1, 0.15) is 0 Å². The van der Waals surface area contributed by atoms with Crippen LogP contribution in [0.4, 0.5) is 0 Å². The summed E-state index contributed by atoms with van der Waals surface area (Å²) in [5, 5.41) is 0. The van der Waals surface area contributed by atoms with Gasteiger partial charge in [-0.15, -0.1) is 0 Å². The molecule has 3 atom stereocenters. The number of hydrogen-bond donors (Lipinski definition) is 1. The molecule has 0 radical (unpaired) electrons. The van der Waals surface area contributed by atoms with Crippen LogP contribution in [-0.4, -0.2) is 18.2 Å². The van der Waals surface area contributed by atoms with E-state index in [0.29, 0.717) is 24.0 Å². The maximum Gasteiger partial charge on any atom is 0.0733 e. The number of ether oxygens (including phenoxy) is 1. The Morgan fingerprint density at radius 1 is 1.31 bits per heavy atom. The highest BCUT2D eigenvalue weighted by atomic mass is 16.5. The van der Waals surface area contributed by atoms with Crippen molar-refractivity contribution in [1.82, 2.24) is 0 Å². The maximum atomic E-state index is 6.03. The van der Waals surface area contributed by atoms with Crippen LogP contribution >= 0.6 is 0 Å². The standard InChI is InChI=1S/C11H23NO/c1-7(2)5-11-9(12)6-10(13-11)8(3)4/h7-11H,5-6,12H2,1-4H3/t9?,10-,11-/m1/s1. The van der Waals surface area contributed by atoms with Gasteiger partial charge < -0.3 is 10.5 Å². The van der Waals surface area contributed by atoms with Gasteiger partial charge in [0.2, 0.25) is 0 Å². The minimum Gasteiger partial charge on any atom is -0.373 e. The lowest BCUT2D eigenvalue weighted by atomic mass is 9.98. The molecule has 1 unspecified atom stereocenters. The zero-order chi connectivity index (χ0) is 10.0. The van der Waals surface area contributed by atoms with Crippen LogP contribution < -0.4 is 5.73 Å². The smallest absolute Gasteiger partial charge is 0.0733 e. The predicted molar refractivity (Wildman–Crippen MR) is 55.5 cm³/mol. The summed E-state index contributed by atoms with van der Waals surface area (Å²) in [6.07, 6.45) is 2.82. The first kappa shape index (κ1) is 11.0. The van der Waals surface area contributed by atoms with E-state index in [0.717, 1.165) is 12.8 Å². The number of hydrogen-bond acceptors (Lipinski definition) is 2. The van der Waals surface area contributed by atoms with Gasteiger partial charge in [-0.05, 0) is 24.7 Å². The minimum atomic E-state index is 0.259. The SMILES string of the molecule is CC(C)C[C@H]1O[C@@H](C(C)C)CC1N. The first-order valence-electron chi connectivity index (χ1n) is 5.41. The summed E-state index contributed by atoms with van der Waals surface area (Å²) in [4.78, 5) is 0. The van der Waals surface area contributed by atoms with Crippen LogP contribution in [0, 0.1) is 11.8 Å². The third-order valence-electron chi connectivity index (χ3n) is 2.78. The van der Waals surface area contributed by atoms with Crippen LogP contribution in [0.2, 0.25) is 0 Å². The van der Waals surface area contributed by atoms with E-state index in [1.54, 1.807) is 0 Å². The normalized spacial score (nSPS) is 34.8. The zero-order valence-corrected chi connectivity index (χ0v) is 9.29. The van der Waals surface area contributed by atoms with Gasteiger partial charge in [0.05, 0.1) is 12.2 Å². The quantitative estimate of drug-likeness (QED) is 0.731. The van der Waals surface area contributed by atoms with E-state index < -0.39 is 0 Å². The highest BCUT2D eigenvalue weighted by Gasteiger charge is 2.34. The largest absolute Gasteiger partial charge is 0.373 e. The molecule has 1 fully saturated rings. The molecule has 0 amide bonds. The highest BCUT2D eigenvalue weighted by molar-refractivity contribution is 4.86. The lowest BCUT2D eigenvalue weighted by molar-refractivity contribution is 0.00763. The van der Waals surface area contributed by atoms with Crippen molar-refractivity contribution in [3.05, 3.63) is 0 Å². The fourth-order valence-corrected chi connectivity index (χ4v) is 1.93. The fraction of sp³-hybridized carbons (Fsp3) is 1.00. The van der Waals surface area contributed by atoms with Gasteiger partial charge in [-0.3, -0.25) is 0 Å². The summed E-state index contributed by atoms with van der Waals surface area (Å²) in [6, 6.07) is 0.259. The molecule has 0 bridgehead atoms. The second kappa shape index (κ2) is 4.43. The molecule has 2 nitrogen and oxygen atoms in total. The first-order valence-corrected chi connectivity index (χ1v) is 5.41. The second-order valence-electron chi connectivity index (χ2n) is 4.99. The third-order valence-corrected chi connectivity index (χ3v) is 2.78. The van der Waals surface area contributed by atoms with Crippen molar-refractivity contribution in [3.8, 4) is 0 Å². The third kappa shape index (κ3) is 2.96. The Balaban J connectivity index is 2.42. The minimum absolute atomic E-state index is 0.259. The molecule has 1 aliphatic heterocycles. The summed E-state index contributed by atoms with van der Waals surface area (Å²) in [5.41, 5.74) is 6.03. The molecular weight excluding hydrogens is 162 g/mol. The summed E-state index contributed by atoms with van der Waals surface area (Å²) < 4.78 is 5.92. The lowest BCUT2D eigenvalue weighted by Crippen LogP contribution is -2.31. The first-order chi connectivity index (χ1) is 6.00. The highest BCUT2D eigenvalue weighted by Crippen LogP contribution is 2.27. The van der Waals surface area contributed by atoms with Crippen molar-refractivity contribution in [3.63, 3.8) is 0 Å². The Kier molecular flexibility index (Phi) is 3.74. The molecular formula is C11H23NO. The van der Waals surface area contributed by atoms with E-state index in [1.165, 1.54) is 0 Å². The summed E-state index contributed by atoms with van der Waals surface area (Å²) in [7, 11) is 0. The Labute approximate surface area is 81.8 Å². The predicted octanol–water partition coefficient (Wildman–Crippen LogP) is 2.17. The van der Waals surface area contributed by atoms with Gasteiger partial charge in [0.15, 0.2) is 0 Å². The van der Waals surface area contributed by atoms with Crippen molar-refractivity contribution >= 4 is 0 Å². The van der Waals surface area contributed by atoms with Crippen molar-refractivity contribution in [1.29, 1.82) is 0 Å². The molecule has 0 aromatic carbocycles. The molecule has 0 aliphatic carbocycles. The van der Waals surface area contributed by atoms with Crippen LogP contribution in [0.5, 0.6) is 0 Å². The van der Waals surface area contributed by atoms with E-state index in [9.17, 15) is 0 Å². The molecule has 2 heteroatoms. The van der Waals surface area contributed by atoms with Gasteiger partial charge in [-0.25, -0.2) is 0 Å². The molecule has 2 N–H and O–H groups in total. The number of nitrogens with two attached hydrogens (primary N) is 1. The van der Waals surface area contributed by atoms with E-state index in [2.05, 4.69) is 27.7 Å². The molecule has 0 saturated carbocycles. The van der Waals surface area contributed by atoms with E-state index in [-0.39, 0.29) is 6.04 Å². The molecule has 1 heterocycles. The van der Waals surface area contributed by atoms with Gasteiger partial charge >= 0.3 is 0 Å². The van der Waals surface area contributed by atoms with Gasteiger partial charge in [-0.2, -0.15) is 0 Å². The fourth-order valence-electron chi connectivity index (χ4n) is 1.93. The molecule has 0 aromatic rings. The average molecular weight is 185 g/mol. The summed E-state index contributed by atoms with van der Waals surface area (Å²) in [6.45, 7) is 8.85. The Morgan fingerprint density at radius 3 is 2.31 bits per heavy atom. The molecule has 1 aliphatic rings. The van der Waals surface area contributed by atoms with Gasteiger partial charge in [0, 0.05) is 6.04 Å². The van der Waals surface area contributed by atoms with E-state index in [4.69, 9.17) is 10.5 Å². The van der Waals surface area contributed by atoms with Crippen LogP contribution in [0.3, 0.4) is 0 Å². The maximum absolute atomic E-state index is 6.03. The second-order valence-corrected chi connectivity index (χ2v) is 4.99. The molecule has 0 spiro atoms. The number of rotatable bonds is 3. The average Bonchev–Trinajstić information content (AvgIpc) is 2.31. The van der Waals surface area contributed by atoms with Crippen molar-refractivity contribution in [2.75, 3.05) is 0 Å². The topological polar surface area (TPSA) is 35.2 Å². The molecule has 1 saturated heterocycles. The van der Waals surface area contributed by atoms with Crippen molar-refractivity contribution < 1.29 is 4.74 Å². The summed E-state index contributed by atoms with van der Waals surface area (Å²) in [5.74, 6) is 1.28. The molecule has 13 heavy (non-hydrogen) atoms. The van der Waals surface area contributed by atoms with Crippen LogP contribution in [0.25, 0.3) is 0 Å². The van der Waals surface area contributed by atoms with Crippen molar-refractivity contribution in [2.45, 2.75) is 58.8 Å². The Morgan fingerprint density at radius 2 is 1.92 bits per heavy atom. The van der Waals surface area contributed by atoms with Crippen LogP contribution in [0.1, 0.15) is 40.5 Å². The van der Waals surface area contributed by atoms with Crippen molar-refractivity contribution in [2.24, 2.45) is 17.6 Å². The van der Waals surface area contributed by atoms with Gasteiger partial charge in [-0.1, -0.05) is 27.7 Å². The summed E-state index contributed by atoms with van der Waals surface area (Å²) >= 11 is 0. The zero-order valence-electron chi connectivity index (χ0n) is 9.29. The van der Waals surface area contributed by atoms with Crippen LogP contribution in [-0.2, 0) is 4.74 Å². The Bertz CT molecular complexity index is 156. The van der Waals surface area contributed by atoms with E-state index in [1.807, 2.05) is 0 Å². The monoisotopic (exact) mass is 185 g/mol. The lowest BCUT2D eigenvalue weighted by Gasteiger charge is -2.18.